The molecule has 0 heterocycles. The molecule has 2 atom stereocenters. The summed E-state index contributed by atoms with van der Waals surface area (Å²) in [4.78, 5) is 0. The SMILES string of the molecule is CCOc1ccccc1C(C)N[C@@H](C)c1cccc(Br)c1. The fourth-order valence-electron chi connectivity index (χ4n) is 2.46. The second-order valence-corrected chi connectivity index (χ2v) is 6.05. The van der Waals surface area contributed by atoms with Crippen LogP contribution in [-0.2, 0) is 0 Å². The van der Waals surface area contributed by atoms with Gasteiger partial charge in [0.05, 0.1) is 6.61 Å². The Morgan fingerprint density at radius 1 is 1.05 bits per heavy atom. The van der Waals surface area contributed by atoms with Crippen LogP contribution in [0.2, 0.25) is 0 Å². The van der Waals surface area contributed by atoms with Gasteiger partial charge in [-0.2, -0.15) is 0 Å². The minimum atomic E-state index is 0.224. The van der Waals surface area contributed by atoms with E-state index in [-0.39, 0.29) is 12.1 Å². The minimum Gasteiger partial charge on any atom is -0.494 e. The zero-order chi connectivity index (χ0) is 15.2. The predicted octanol–water partition coefficient (Wildman–Crippen LogP) is 5.26. The molecule has 0 aliphatic rings. The summed E-state index contributed by atoms with van der Waals surface area (Å²) >= 11 is 3.53. The van der Waals surface area contributed by atoms with Crippen molar-refractivity contribution >= 4 is 15.9 Å². The van der Waals surface area contributed by atoms with Crippen molar-refractivity contribution in [3.63, 3.8) is 0 Å². The van der Waals surface area contributed by atoms with Crippen LogP contribution in [0.3, 0.4) is 0 Å². The third-order valence-corrected chi connectivity index (χ3v) is 4.03. The zero-order valence-electron chi connectivity index (χ0n) is 12.8. The Hall–Kier alpha value is -1.32. The summed E-state index contributed by atoms with van der Waals surface area (Å²) in [7, 11) is 0. The number of benzene rings is 2. The second-order valence-electron chi connectivity index (χ2n) is 5.14. The molecule has 112 valence electrons. The minimum absolute atomic E-state index is 0.224. The number of para-hydroxylation sites is 1. The number of rotatable bonds is 6. The summed E-state index contributed by atoms with van der Waals surface area (Å²) in [5.74, 6) is 0.960. The first kappa shape index (κ1) is 16.1. The average Bonchev–Trinajstić information content (AvgIpc) is 2.48. The quantitative estimate of drug-likeness (QED) is 0.769. The molecular weight excluding hydrogens is 326 g/mol. The van der Waals surface area contributed by atoms with Crippen LogP contribution in [0.25, 0.3) is 0 Å². The Balaban J connectivity index is 2.12. The largest absolute Gasteiger partial charge is 0.494 e. The fourth-order valence-corrected chi connectivity index (χ4v) is 2.88. The number of hydrogen-bond donors (Lipinski definition) is 1. The third-order valence-electron chi connectivity index (χ3n) is 3.53. The van der Waals surface area contributed by atoms with E-state index in [1.807, 2.05) is 25.1 Å². The van der Waals surface area contributed by atoms with Gasteiger partial charge in [-0.25, -0.2) is 0 Å². The molecule has 0 amide bonds. The van der Waals surface area contributed by atoms with E-state index in [2.05, 4.69) is 65.4 Å². The Labute approximate surface area is 135 Å². The van der Waals surface area contributed by atoms with Gasteiger partial charge in [0, 0.05) is 22.1 Å². The standard InChI is InChI=1S/C18H22BrNO/c1-4-21-18-11-6-5-10-17(18)14(3)20-13(2)15-8-7-9-16(19)12-15/h5-14,20H,4H2,1-3H3/t13-,14?/m0/s1. The van der Waals surface area contributed by atoms with Crippen molar-refractivity contribution in [2.24, 2.45) is 0 Å². The molecule has 0 saturated carbocycles. The van der Waals surface area contributed by atoms with Crippen molar-refractivity contribution in [1.29, 1.82) is 0 Å². The van der Waals surface area contributed by atoms with E-state index in [0.717, 1.165) is 10.2 Å². The van der Waals surface area contributed by atoms with E-state index in [9.17, 15) is 0 Å². The molecule has 2 rings (SSSR count). The zero-order valence-corrected chi connectivity index (χ0v) is 14.4. The highest BCUT2D eigenvalue weighted by atomic mass is 79.9. The molecule has 0 radical (unpaired) electrons. The lowest BCUT2D eigenvalue weighted by molar-refractivity contribution is 0.331. The molecule has 2 aromatic carbocycles. The van der Waals surface area contributed by atoms with Gasteiger partial charge in [-0.15, -0.1) is 0 Å². The van der Waals surface area contributed by atoms with Crippen LogP contribution in [0.4, 0.5) is 0 Å². The highest BCUT2D eigenvalue weighted by Gasteiger charge is 2.14. The number of hydrogen-bond acceptors (Lipinski definition) is 2. The van der Waals surface area contributed by atoms with Crippen molar-refractivity contribution in [1.82, 2.24) is 5.32 Å². The first-order valence-corrected chi connectivity index (χ1v) is 8.14. The maximum Gasteiger partial charge on any atom is 0.124 e. The summed E-state index contributed by atoms with van der Waals surface area (Å²) in [6, 6.07) is 17.1. The van der Waals surface area contributed by atoms with Crippen LogP contribution in [0.5, 0.6) is 5.75 Å². The predicted molar refractivity (Wildman–Crippen MR) is 91.7 cm³/mol. The molecule has 0 spiro atoms. The van der Waals surface area contributed by atoms with E-state index in [1.54, 1.807) is 0 Å². The van der Waals surface area contributed by atoms with E-state index < -0.39 is 0 Å². The molecule has 0 saturated heterocycles. The highest BCUT2D eigenvalue weighted by Crippen LogP contribution is 2.27. The van der Waals surface area contributed by atoms with Crippen LogP contribution in [0, 0.1) is 0 Å². The van der Waals surface area contributed by atoms with Crippen molar-refractivity contribution < 1.29 is 4.74 Å². The maximum atomic E-state index is 5.72. The number of ether oxygens (including phenoxy) is 1. The van der Waals surface area contributed by atoms with E-state index in [0.29, 0.717) is 6.61 Å². The molecule has 1 N–H and O–H groups in total. The Kier molecular flexibility index (Phi) is 5.83. The van der Waals surface area contributed by atoms with Crippen molar-refractivity contribution in [3.8, 4) is 5.75 Å². The second kappa shape index (κ2) is 7.62. The number of nitrogens with one attached hydrogen (secondary N) is 1. The Morgan fingerprint density at radius 3 is 2.52 bits per heavy atom. The van der Waals surface area contributed by atoms with Crippen molar-refractivity contribution in [3.05, 3.63) is 64.1 Å². The molecule has 0 aromatic heterocycles. The molecule has 0 fully saturated rings. The molecular formula is C18H22BrNO. The van der Waals surface area contributed by atoms with Gasteiger partial charge in [0.2, 0.25) is 0 Å². The van der Waals surface area contributed by atoms with Gasteiger partial charge in [0.25, 0.3) is 0 Å². The van der Waals surface area contributed by atoms with Gasteiger partial charge < -0.3 is 10.1 Å². The van der Waals surface area contributed by atoms with Gasteiger partial charge in [-0.1, -0.05) is 46.3 Å². The number of halogens is 1. The molecule has 0 aliphatic carbocycles. The van der Waals surface area contributed by atoms with E-state index in [1.165, 1.54) is 11.1 Å². The van der Waals surface area contributed by atoms with Gasteiger partial charge in [0.15, 0.2) is 0 Å². The Morgan fingerprint density at radius 2 is 1.81 bits per heavy atom. The monoisotopic (exact) mass is 347 g/mol. The Bertz CT molecular complexity index is 585. The summed E-state index contributed by atoms with van der Waals surface area (Å²) < 4.78 is 6.82. The van der Waals surface area contributed by atoms with Crippen LogP contribution >= 0.6 is 15.9 Å². The van der Waals surface area contributed by atoms with Gasteiger partial charge in [-0.05, 0) is 44.5 Å². The summed E-state index contributed by atoms with van der Waals surface area (Å²) in [6.07, 6.45) is 0. The average molecular weight is 348 g/mol. The smallest absolute Gasteiger partial charge is 0.124 e. The lowest BCUT2D eigenvalue weighted by Gasteiger charge is -2.22. The van der Waals surface area contributed by atoms with Crippen LogP contribution in [0.1, 0.15) is 44.0 Å². The fraction of sp³-hybridized carbons (Fsp3) is 0.333. The first-order valence-electron chi connectivity index (χ1n) is 7.35. The lowest BCUT2D eigenvalue weighted by Crippen LogP contribution is -2.23. The van der Waals surface area contributed by atoms with E-state index in [4.69, 9.17) is 4.74 Å². The van der Waals surface area contributed by atoms with Gasteiger partial charge in [0.1, 0.15) is 5.75 Å². The van der Waals surface area contributed by atoms with Gasteiger partial charge in [-0.3, -0.25) is 0 Å². The van der Waals surface area contributed by atoms with Gasteiger partial charge >= 0.3 is 0 Å². The molecule has 2 aromatic rings. The van der Waals surface area contributed by atoms with Crippen LogP contribution in [0.15, 0.2) is 53.0 Å². The topological polar surface area (TPSA) is 21.3 Å². The van der Waals surface area contributed by atoms with Crippen molar-refractivity contribution in [2.45, 2.75) is 32.9 Å². The van der Waals surface area contributed by atoms with E-state index >= 15 is 0 Å². The third kappa shape index (κ3) is 4.32. The molecule has 0 bridgehead atoms. The van der Waals surface area contributed by atoms with Crippen molar-refractivity contribution in [2.75, 3.05) is 6.61 Å². The molecule has 0 aliphatic heterocycles. The summed E-state index contributed by atoms with van der Waals surface area (Å²) in [6.45, 7) is 7.05. The highest BCUT2D eigenvalue weighted by molar-refractivity contribution is 9.10. The normalized spacial score (nSPS) is 13.7. The lowest BCUT2D eigenvalue weighted by atomic mass is 10.0. The summed E-state index contributed by atoms with van der Waals surface area (Å²) in [5, 5.41) is 3.64. The molecule has 21 heavy (non-hydrogen) atoms. The summed E-state index contributed by atoms with van der Waals surface area (Å²) in [5.41, 5.74) is 2.46. The maximum absolute atomic E-state index is 5.72. The van der Waals surface area contributed by atoms with Crippen LogP contribution in [-0.4, -0.2) is 6.61 Å². The molecule has 3 heteroatoms. The first-order chi connectivity index (χ1) is 10.1. The van der Waals surface area contributed by atoms with Crippen LogP contribution < -0.4 is 10.1 Å². The molecule has 2 nitrogen and oxygen atoms in total. The molecule has 1 unspecified atom stereocenters.